The smallest absolute Gasteiger partial charge is 0.187 e. The molecule has 1 aromatic rings. The number of ether oxygens (including phenoxy) is 1. The Morgan fingerprint density at radius 3 is 3.12 bits per heavy atom. The number of rotatable bonds is 5. The fraction of sp³-hybridized carbons (Fsp3) is 0.400. The second-order valence-corrected chi connectivity index (χ2v) is 4.44. The molecule has 0 unspecified atom stereocenters. The molecule has 0 aromatic carbocycles. The van der Waals surface area contributed by atoms with Gasteiger partial charge < -0.3 is 10.1 Å². The standard InChI is InChI=1S/C10H15N3OS2/c1-8-3-6-16-9(8)7-12-13-10(15)11-4-5-14-2/h3,6-7H,4-5H2,1-2H3,(H2,11,13,15)/b12-7+. The highest BCUT2D eigenvalue weighted by atomic mass is 32.1. The predicted molar refractivity (Wildman–Crippen MR) is 72.3 cm³/mol. The number of thiocarbonyl (C=S) groups is 1. The third kappa shape index (κ3) is 4.69. The van der Waals surface area contributed by atoms with E-state index in [4.69, 9.17) is 17.0 Å². The van der Waals surface area contributed by atoms with Crippen molar-refractivity contribution in [3.05, 3.63) is 21.9 Å². The van der Waals surface area contributed by atoms with Crippen LogP contribution < -0.4 is 10.7 Å². The first-order valence-corrected chi connectivity index (χ1v) is 6.12. The van der Waals surface area contributed by atoms with Crippen LogP contribution in [0, 0.1) is 6.92 Å². The third-order valence-electron chi connectivity index (χ3n) is 1.84. The minimum atomic E-state index is 0.502. The summed E-state index contributed by atoms with van der Waals surface area (Å²) in [4.78, 5) is 1.13. The highest BCUT2D eigenvalue weighted by Gasteiger charge is 1.95. The second kappa shape index (κ2) is 7.32. The van der Waals surface area contributed by atoms with Gasteiger partial charge in [-0.05, 0) is 36.2 Å². The molecule has 1 rings (SSSR count). The van der Waals surface area contributed by atoms with Crippen LogP contribution in [0.3, 0.4) is 0 Å². The fourth-order valence-corrected chi connectivity index (χ4v) is 1.91. The molecule has 0 amide bonds. The normalized spacial score (nSPS) is 10.6. The van der Waals surface area contributed by atoms with Crippen molar-refractivity contribution < 1.29 is 4.74 Å². The minimum Gasteiger partial charge on any atom is -0.383 e. The molecule has 0 atom stereocenters. The lowest BCUT2D eigenvalue weighted by atomic mass is 10.3. The SMILES string of the molecule is COCCNC(=S)N/N=C/c1sccc1C. The molecule has 16 heavy (non-hydrogen) atoms. The van der Waals surface area contributed by atoms with E-state index < -0.39 is 0 Å². The molecule has 2 N–H and O–H groups in total. The first-order chi connectivity index (χ1) is 7.74. The van der Waals surface area contributed by atoms with Crippen LogP contribution in [0.1, 0.15) is 10.4 Å². The number of nitrogens with zero attached hydrogens (tertiary/aromatic N) is 1. The molecule has 0 aliphatic carbocycles. The first kappa shape index (κ1) is 13.1. The van der Waals surface area contributed by atoms with Gasteiger partial charge >= 0.3 is 0 Å². The minimum absolute atomic E-state index is 0.502. The Balaban J connectivity index is 2.26. The zero-order chi connectivity index (χ0) is 11.8. The van der Waals surface area contributed by atoms with Gasteiger partial charge in [0.25, 0.3) is 0 Å². The molecule has 0 aliphatic heterocycles. The molecule has 1 heterocycles. The van der Waals surface area contributed by atoms with Crippen LogP contribution in [0.25, 0.3) is 0 Å². The summed E-state index contributed by atoms with van der Waals surface area (Å²) in [5, 5.41) is 9.54. The van der Waals surface area contributed by atoms with E-state index >= 15 is 0 Å². The Labute approximate surface area is 105 Å². The van der Waals surface area contributed by atoms with E-state index in [0.29, 0.717) is 18.3 Å². The Hall–Kier alpha value is -0.980. The van der Waals surface area contributed by atoms with Crippen molar-refractivity contribution in [3.8, 4) is 0 Å². The van der Waals surface area contributed by atoms with Gasteiger partial charge in [-0.1, -0.05) is 0 Å². The quantitative estimate of drug-likeness (QED) is 0.363. The maximum Gasteiger partial charge on any atom is 0.187 e. The van der Waals surface area contributed by atoms with Gasteiger partial charge in [-0.2, -0.15) is 5.10 Å². The van der Waals surface area contributed by atoms with Gasteiger partial charge in [0.2, 0.25) is 0 Å². The topological polar surface area (TPSA) is 45.6 Å². The molecule has 0 aliphatic rings. The summed E-state index contributed by atoms with van der Waals surface area (Å²) in [5.41, 5.74) is 3.96. The molecule has 0 fully saturated rings. The lowest BCUT2D eigenvalue weighted by Crippen LogP contribution is -2.34. The van der Waals surface area contributed by atoms with Crippen molar-refractivity contribution in [2.24, 2.45) is 5.10 Å². The van der Waals surface area contributed by atoms with Crippen LogP contribution in [0.2, 0.25) is 0 Å². The molecule has 0 saturated heterocycles. The van der Waals surface area contributed by atoms with E-state index in [1.165, 1.54) is 5.56 Å². The van der Waals surface area contributed by atoms with E-state index in [9.17, 15) is 0 Å². The highest BCUT2D eigenvalue weighted by Crippen LogP contribution is 2.12. The van der Waals surface area contributed by atoms with E-state index in [1.807, 2.05) is 12.3 Å². The Bertz CT molecular complexity index is 363. The zero-order valence-corrected chi connectivity index (χ0v) is 11.0. The summed E-state index contributed by atoms with van der Waals surface area (Å²) in [6.07, 6.45) is 1.77. The monoisotopic (exact) mass is 257 g/mol. The van der Waals surface area contributed by atoms with Crippen molar-refractivity contribution in [2.45, 2.75) is 6.92 Å². The average molecular weight is 257 g/mol. The van der Waals surface area contributed by atoms with Crippen molar-refractivity contribution in [1.82, 2.24) is 10.7 Å². The maximum atomic E-state index is 5.01. The van der Waals surface area contributed by atoms with Crippen LogP contribution in [0.4, 0.5) is 0 Å². The average Bonchev–Trinajstić information content (AvgIpc) is 2.65. The largest absolute Gasteiger partial charge is 0.383 e. The Morgan fingerprint density at radius 2 is 2.50 bits per heavy atom. The summed E-state index contributed by atoms with van der Waals surface area (Å²) in [6, 6.07) is 2.06. The summed E-state index contributed by atoms with van der Waals surface area (Å²) in [7, 11) is 1.65. The number of hydrogen-bond acceptors (Lipinski definition) is 4. The molecule has 0 spiro atoms. The van der Waals surface area contributed by atoms with Crippen LogP contribution in [0.5, 0.6) is 0 Å². The van der Waals surface area contributed by atoms with E-state index in [0.717, 1.165) is 4.88 Å². The van der Waals surface area contributed by atoms with E-state index in [2.05, 4.69) is 21.9 Å². The molecule has 0 radical (unpaired) electrons. The number of methoxy groups -OCH3 is 1. The summed E-state index contributed by atoms with van der Waals surface area (Å²) >= 11 is 6.66. The number of hydrogen-bond donors (Lipinski definition) is 2. The van der Waals surface area contributed by atoms with Crippen molar-refractivity contribution >= 4 is 34.9 Å². The van der Waals surface area contributed by atoms with Crippen molar-refractivity contribution in [2.75, 3.05) is 20.3 Å². The lowest BCUT2D eigenvalue weighted by Gasteiger charge is -2.05. The maximum absolute atomic E-state index is 5.01. The van der Waals surface area contributed by atoms with Gasteiger partial charge in [0, 0.05) is 18.5 Å². The summed E-state index contributed by atoms with van der Waals surface area (Å²) in [5.74, 6) is 0. The van der Waals surface area contributed by atoms with Crippen LogP contribution in [-0.4, -0.2) is 31.6 Å². The first-order valence-electron chi connectivity index (χ1n) is 4.84. The van der Waals surface area contributed by atoms with Gasteiger partial charge in [0.15, 0.2) is 5.11 Å². The molecule has 1 aromatic heterocycles. The zero-order valence-electron chi connectivity index (χ0n) is 9.32. The third-order valence-corrected chi connectivity index (χ3v) is 3.03. The Morgan fingerprint density at radius 1 is 1.69 bits per heavy atom. The van der Waals surface area contributed by atoms with Crippen LogP contribution >= 0.6 is 23.6 Å². The summed E-state index contributed by atoms with van der Waals surface area (Å²) in [6.45, 7) is 3.35. The van der Waals surface area contributed by atoms with Gasteiger partial charge in [-0.15, -0.1) is 11.3 Å². The lowest BCUT2D eigenvalue weighted by molar-refractivity contribution is 0.204. The molecule has 0 saturated carbocycles. The number of thiophene rings is 1. The predicted octanol–water partition coefficient (Wildman–Crippen LogP) is 1.50. The number of nitrogens with one attached hydrogen (secondary N) is 2. The van der Waals surface area contributed by atoms with E-state index in [-0.39, 0.29) is 0 Å². The number of hydrazone groups is 1. The van der Waals surface area contributed by atoms with Gasteiger partial charge in [0.1, 0.15) is 0 Å². The van der Waals surface area contributed by atoms with E-state index in [1.54, 1.807) is 24.7 Å². The molecule has 4 nitrogen and oxygen atoms in total. The molecular formula is C10H15N3OS2. The van der Waals surface area contributed by atoms with Gasteiger partial charge in [-0.3, -0.25) is 5.43 Å². The summed E-state index contributed by atoms with van der Waals surface area (Å²) < 4.78 is 4.88. The Kier molecular flexibility index (Phi) is 5.99. The van der Waals surface area contributed by atoms with Crippen LogP contribution in [0.15, 0.2) is 16.5 Å². The van der Waals surface area contributed by atoms with Crippen molar-refractivity contribution in [3.63, 3.8) is 0 Å². The molecule has 6 heteroatoms. The fourth-order valence-electron chi connectivity index (χ4n) is 0.972. The van der Waals surface area contributed by atoms with Gasteiger partial charge in [-0.25, -0.2) is 0 Å². The molecular weight excluding hydrogens is 242 g/mol. The van der Waals surface area contributed by atoms with Crippen molar-refractivity contribution in [1.29, 1.82) is 0 Å². The molecule has 0 bridgehead atoms. The molecule has 88 valence electrons. The van der Waals surface area contributed by atoms with Gasteiger partial charge in [0.05, 0.1) is 12.8 Å². The number of aryl methyl sites for hydroxylation is 1. The van der Waals surface area contributed by atoms with Crippen LogP contribution in [-0.2, 0) is 4.74 Å². The highest BCUT2D eigenvalue weighted by molar-refractivity contribution is 7.80. The second-order valence-electron chi connectivity index (χ2n) is 3.09.